The number of benzene rings is 1. The van der Waals surface area contributed by atoms with Gasteiger partial charge in [-0.3, -0.25) is 0 Å². The van der Waals surface area contributed by atoms with E-state index in [4.69, 9.17) is 15.2 Å². The summed E-state index contributed by atoms with van der Waals surface area (Å²) in [5, 5.41) is 0. The highest BCUT2D eigenvalue weighted by atomic mass is 16.6. The van der Waals surface area contributed by atoms with Gasteiger partial charge < -0.3 is 25.0 Å². The van der Waals surface area contributed by atoms with Gasteiger partial charge in [0.1, 0.15) is 18.0 Å². The van der Waals surface area contributed by atoms with Crippen LogP contribution >= 0.6 is 0 Å². The molecule has 0 spiro atoms. The van der Waals surface area contributed by atoms with E-state index in [2.05, 4.69) is 4.90 Å². The van der Waals surface area contributed by atoms with Crippen molar-refractivity contribution in [3.63, 3.8) is 0 Å². The van der Waals surface area contributed by atoms with Crippen molar-refractivity contribution in [2.45, 2.75) is 39.3 Å². The zero-order valence-electron chi connectivity index (χ0n) is 14.3. The fourth-order valence-corrected chi connectivity index (χ4v) is 3.17. The van der Waals surface area contributed by atoms with Crippen LogP contribution < -0.4 is 15.4 Å². The van der Waals surface area contributed by atoms with E-state index < -0.39 is 5.60 Å². The minimum Gasteiger partial charge on any atom is -0.489 e. The summed E-state index contributed by atoms with van der Waals surface area (Å²) in [7, 11) is 0. The summed E-state index contributed by atoms with van der Waals surface area (Å²) in [5.41, 5.74) is 8.32. The molecule has 0 radical (unpaired) electrons. The minimum atomic E-state index is -0.477. The van der Waals surface area contributed by atoms with Crippen LogP contribution in [0, 0.1) is 6.92 Å². The summed E-state index contributed by atoms with van der Waals surface area (Å²) < 4.78 is 11.4. The predicted octanol–water partition coefficient (Wildman–Crippen LogP) is 2.40. The highest BCUT2D eigenvalue weighted by molar-refractivity contribution is 5.72. The lowest BCUT2D eigenvalue weighted by Gasteiger charge is -2.45. The van der Waals surface area contributed by atoms with Crippen molar-refractivity contribution in [1.29, 1.82) is 0 Å². The number of anilines is 2. The molecule has 0 aliphatic carbocycles. The number of carbonyl (C=O) groups is 1. The summed E-state index contributed by atoms with van der Waals surface area (Å²) in [6.45, 7) is 10.2. The van der Waals surface area contributed by atoms with Crippen LogP contribution in [0.15, 0.2) is 12.1 Å². The first-order valence-electron chi connectivity index (χ1n) is 8.02. The minimum absolute atomic E-state index is 0.130. The molecule has 3 rings (SSSR count). The van der Waals surface area contributed by atoms with Crippen molar-refractivity contribution in [2.75, 3.05) is 36.9 Å². The Kier molecular flexibility index (Phi) is 3.78. The van der Waals surface area contributed by atoms with Crippen LogP contribution in [0.3, 0.4) is 0 Å². The van der Waals surface area contributed by atoms with Crippen molar-refractivity contribution in [3.05, 3.63) is 17.7 Å². The molecule has 2 aliphatic rings. The molecule has 23 heavy (non-hydrogen) atoms. The molecule has 1 aromatic carbocycles. The van der Waals surface area contributed by atoms with Gasteiger partial charge in [0.2, 0.25) is 0 Å². The van der Waals surface area contributed by atoms with Gasteiger partial charge in [-0.1, -0.05) is 0 Å². The van der Waals surface area contributed by atoms with Crippen LogP contribution in [0.2, 0.25) is 0 Å². The molecule has 0 bridgehead atoms. The topological polar surface area (TPSA) is 68.0 Å². The second-order valence-electron chi connectivity index (χ2n) is 7.27. The third-order valence-electron chi connectivity index (χ3n) is 4.14. The lowest BCUT2D eigenvalue weighted by molar-refractivity contribution is 0.0194. The van der Waals surface area contributed by atoms with E-state index in [1.807, 2.05) is 39.8 Å². The van der Waals surface area contributed by atoms with Crippen LogP contribution in [0.1, 0.15) is 26.3 Å². The Morgan fingerprint density at radius 1 is 1.35 bits per heavy atom. The first kappa shape index (κ1) is 15.8. The normalized spacial score (nSPS) is 20.4. The number of piperazine rings is 1. The number of hydrogen-bond donors (Lipinski definition) is 1. The molecule has 2 N–H and O–H groups in total. The first-order valence-corrected chi connectivity index (χ1v) is 8.02. The standard InChI is InChI=1S/C17H25N3O3/c1-11-7-12(18)8-14-15(11)22-10-13-9-19(5-6-20(13)14)16(21)23-17(2,3)4/h7-8,13H,5-6,9-10,18H2,1-4H3/t13-/m0/s1. The fraction of sp³-hybridized carbons (Fsp3) is 0.588. The number of carbonyl (C=O) groups excluding carboxylic acids is 1. The molecule has 6 heteroatoms. The smallest absolute Gasteiger partial charge is 0.410 e. The highest BCUT2D eigenvalue weighted by Crippen LogP contribution is 2.39. The van der Waals surface area contributed by atoms with Gasteiger partial charge in [0.05, 0.1) is 11.7 Å². The Labute approximate surface area is 137 Å². The maximum atomic E-state index is 12.3. The lowest BCUT2D eigenvalue weighted by atomic mass is 10.1. The molecule has 126 valence electrons. The van der Waals surface area contributed by atoms with E-state index >= 15 is 0 Å². The number of amides is 1. The van der Waals surface area contributed by atoms with E-state index in [0.717, 1.165) is 29.2 Å². The molecule has 1 aromatic rings. The monoisotopic (exact) mass is 319 g/mol. The fourth-order valence-electron chi connectivity index (χ4n) is 3.17. The average molecular weight is 319 g/mol. The van der Waals surface area contributed by atoms with Crippen molar-refractivity contribution in [3.8, 4) is 5.75 Å². The Morgan fingerprint density at radius 2 is 2.09 bits per heavy atom. The molecular formula is C17H25N3O3. The van der Waals surface area contributed by atoms with Crippen LogP contribution in [0.5, 0.6) is 5.75 Å². The molecule has 1 saturated heterocycles. The lowest BCUT2D eigenvalue weighted by Crippen LogP contribution is -2.59. The molecule has 0 aromatic heterocycles. The van der Waals surface area contributed by atoms with Gasteiger partial charge in [-0.25, -0.2) is 4.79 Å². The Hall–Kier alpha value is -2.11. The van der Waals surface area contributed by atoms with Crippen LogP contribution in [-0.2, 0) is 4.74 Å². The van der Waals surface area contributed by atoms with E-state index in [9.17, 15) is 4.79 Å². The second-order valence-corrected chi connectivity index (χ2v) is 7.27. The number of hydrogen-bond acceptors (Lipinski definition) is 5. The SMILES string of the molecule is Cc1cc(N)cc2c1OC[C@@H]1CN(C(=O)OC(C)(C)C)CCN21. The molecule has 0 unspecified atom stereocenters. The third-order valence-corrected chi connectivity index (χ3v) is 4.14. The Bertz CT molecular complexity index is 624. The first-order chi connectivity index (χ1) is 10.7. The predicted molar refractivity (Wildman–Crippen MR) is 90.0 cm³/mol. The van der Waals surface area contributed by atoms with Crippen LogP contribution in [-0.4, -0.2) is 48.9 Å². The number of fused-ring (bicyclic) bond motifs is 3. The largest absolute Gasteiger partial charge is 0.489 e. The quantitative estimate of drug-likeness (QED) is 0.744. The highest BCUT2D eigenvalue weighted by Gasteiger charge is 2.36. The molecule has 2 heterocycles. The second kappa shape index (κ2) is 5.51. The summed E-state index contributed by atoms with van der Waals surface area (Å²) >= 11 is 0. The van der Waals surface area contributed by atoms with E-state index in [1.165, 1.54) is 0 Å². The number of aryl methyl sites for hydroxylation is 1. The molecule has 0 saturated carbocycles. The molecular weight excluding hydrogens is 294 g/mol. The molecule has 2 aliphatic heterocycles. The van der Waals surface area contributed by atoms with Crippen molar-refractivity contribution < 1.29 is 14.3 Å². The zero-order valence-corrected chi connectivity index (χ0v) is 14.3. The van der Waals surface area contributed by atoms with Crippen molar-refractivity contribution in [2.24, 2.45) is 0 Å². The maximum Gasteiger partial charge on any atom is 0.410 e. The average Bonchev–Trinajstić information content (AvgIpc) is 2.44. The zero-order chi connectivity index (χ0) is 16.8. The maximum absolute atomic E-state index is 12.3. The van der Waals surface area contributed by atoms with E-state index in [-0.39, 0.29) is 12.1 Å². The molecule has 6 nitrogen and oxygen atoms in total. The van der Waals surface area contributed by atoms with Crippen molar-refractivity contribution in [1.82, 2.24) is 4.90 Å². The number of ether oxygens (including phenoxy) is 2. The van der Waals surface area contributed by atoms with Crippen molar-refractivity contribution >= 4 is 17.5 Å². The third kappa shape index (κ3) is 3.16. The van der Waals surface area contributed by atoms with Gasteiger partial charge in [-0.15, -0.1) is 0 Å². The van der Waals surface area contributed by atoms with E-state index in [1.54, 1.807) is 4.90 Å². The number of nitrogens with zero attached hydrogens (tertiary/aromatic N) is 2. The summed E-state index contributed by atoms with van der Waals surface area (Å²) in [6, 6.07) is 4.01. The summed E-state index contributed by atoms with van der Waals surface area (Å²) in [5.74, 6) is 0.904. The number of nitrogen functional groups attached to an aromatic ring is 1. The Morgan fingerprint density at radius 3 is 2.78 bits per heavy atom. The molecule has 1 fully saturated rings. The van der Waals surface area contributed by atoms with Crippen LogP contribution in [0.4, 0.5) is 16.2 Å². The molecule has 1 atom stereocenters. The van der Waals surface area contributed by atoms with Gasteiger partial charge in [0, 0.05) is 25.3 Å². The van der Waals surface area contributed by atoms with Gasteiger partial charge in [-0.2, -0.15) is 0 Å². The molecule has 1 amide bonds. The van der Waals surface area contributed by atoms with E-state index in [0.29, 0.717) is 19.7 Å². The summed E-state index contributed by atoms with van der Waals surface area (Å²) in [4.78, 5) is 16.3. The van der Waals surface area contributed by atoms with Gasteiger partial charge in [-0.05, 0) is 45.4 Å². The Balaban J connectivity index is 1.76. The summed E-state index contributed by atoms with van der Waals surface area (Å²) in [6.07, 6.45) is -0.258. The van der Waals surface area contributed by atoms with Crippen LogP contribution in [0.25, 0.3) is 0 Å². The number of rotatable bonds is 0. The van der Waals surface area contributed by atoms with Gasteiger partial charge in [0.15, 0.2) is 0 Å². The number of nitrogens with two attached hydrogens (primary N) is 1. The van der Waals surface area contributed by atoms with Gasteiger partial charge in [0.25, 0.3) is 0 Å². The van der Waals surface area contributed by atoms with Gasteiger partial charge >= 0.3 is 6.09 Å².